The van der Waals surface area contributed by atoms with Gasteiger partial charge in [0.25, 0.3) is 0 Å². The van der Waals surface area contributed by atoms with Crippen molar-refractivity contribution in [1.29, 1.82) is 0 Å². The Hall–Kier alpha value is -1.84. The van der Waals surface area contributed by atoms with Crippen molar-refractivity contribution in [3.05, 3.63) is 30.1 Å². The molecule has 0 saturated carbocycles. The molecule has 2 fully saturated rings. The Kier molecular flexibility index (Phi) is 6.79. The number of nitrogens with one attached hydrogen (secondary N) is 3. The summed E-state index contributed by atoms with van der Waals surface area (Å²) in [6.45, 7) is 6.36. The van der Waals surface area contributed by atoms with Crippen LogP contribution in [0.15, 0.2) is 29.5 Å². The van der Waals surface area contributed by atoms with Gasteiger partial charge in [0.1, 0.15) is 5.65 Å². The first kappa shape index (κ1) is 20.9. The number of likely N-dealkylation sites (tertiary alicyclic amines) is 1. The molecule has 7 nitrogen and oxygen atoms in total. The highest BCUT2D eigenvalue weighted by molar-refractivity contribution is 14.0. The predicted molar refractivity (Wildman–Crippen MR) is 122 cm³/mol. The number of aliphatic imine (C=N–C) groups is 1. The highest BCUT2D eigenvalue weighted by Crippen LogP contribution is 2.36. The normalized spacial score (nSPS) is 22.4. The summed E-state index contributed by atoms with van der Waals surface area (Å²) in [5, 5.41) is 7.62. The molecule has 2 aromatic heterocycles. The maximum atomic E-state index is 11.7. The van der Waals surface area contributed by atoms with Crippen LogP contribution in [0.2, 0.25) is 0 Å². The van der Waals surface area contributed by atoms with Crippen LogP contribution < -0.4 is 10.6 Å². The molecular formula is C20H29IN6O. The van der Waals surface area contributed by atoms with Gasteiger partial charge in [0.05, 0.1) is 0 Å². The van der Waals surface area contributed by atoms with Gasteiger partial charge in [0.2, 0.25) is 5.91 Å². The minimum atomic E-state index is 0. The lowest BCUT2D eigenvalue weighted by atomic mass is 9.79. The van der Waals surface area contributed by atoms with Gasteiger partial charge in [-0.1, -0.05) is 0 Å². The number of guanidine groups is 1. The molecule has 0 bridgehead atoms. The van der Waals surface area contributed by atoms with E-state index in [9.17, 15) is 4.79 Å². The van der Waals surface area contributed by atoms with Crippen LogP contribution in [0, 0.1) is 5.41 Å². The number of amides is 1. The number of halogens is 1. The summed E-state index contributed by atoms with van der Waals surface area (Å²) in [5.74, 6) is 1.15. The van der Waals surface area contributed by atoms with E-state index in [-0.39, 0.29) is 35.3 Å². The van der Waals surface area contributed by atoms with Gasteiger partial charge >= 0.3 is 0 Å². The fourth-order valence-electron chi connectivity index (χ4n) is 4.36. The van der Waals surface area contributed by atoms with Gasteiger partial charge in [-0.2, -0.15) is 0 Å². The third-order valence-corrected chi connectivity index (χ3v) is 5.67. The Morgan fingerprint density at radius 1 is 1.46 bits per heavy atom. The number of H-pyrrole nitrogens is 1. The van der Waals surface area contributed by atoms with Crippen molar-refractivity contribution in [2.75, 3.05) is 32.7 Å². The first-order valence-corrected chi connectivity index (χ1v) is 9.90. The van der Waals surface area contributed by atoms with Gasteiger partial charge in [-0.05, 0) is 43.9 Å². The maximum absolute atomic E-state index is 11.7. The minimum Gasteiger partial charge on any atom is -0.357 e. The summed E-state index contributed by atoms with van der Waals surface area (Å²) in [7, 11) is 0. The lowest BCUT2D eigenvalue weighted by Gasteiger charge is -2.40. The minimum absolute atomic E-state index is 0. The van der Waals surface area contributed by atoms with Crippen LogP contribution in [0.1, 0.15) is 31.7 Å². The number of aromatic amines is 1. The van der Waals surface area contributed by atoms with Crippen molar-refractivity contribution in [3.8, 4) is 0 Å². The summed E-state index contributed by atoms with van der Waals surface area (Å²) >= 11 is 0. The van der Waals surface area contributed by atoms with Crippen LogP contribution in [0.3, 0.4) is 0 Å². The van der Waals surface area contributed by atoms with Crippen LogP contribution in [0.25, 0.3) is 11.0 Å². The number of aromatic nitrogens is 2. The summed E-state index contributed by atoms with van der Waals surface area (Å²) in [4.78, 5) is 26.5. The van der Waals surface area contributed by atoms with Gasteiger partial charge in [0, 0.05) is 62.3 Å². The largest absolute Gasteiger partial charge is 0.357 e. The topological polar surface area (TPSA) is 85.4 Å². The summed E-state index contributed by atoms with van der Waals surface area (Å²) in [6, 6.07) is 4.07. The van der Waals surface area contributed by atoms with Crippen molar-refractivity contribution in [3.63, 3.8) is 0 Å². The van der Waals surface area contributed by atoms with Gasteiger partial charge in [0.15, 0.2) is 5.96 Å². The zero-order chi connectivity index (χ0) is 18.7. The molecule has 2 saturated heterocycles. The van der Waals surface area contributed by atoms with Gasteiger partial charge < -0.3 is 20.5 Å². The van der Waals surface area contributed by atoms with E-state index >= 15 is 0 Å². The average Bonchev–Trinajstić information content (AvgIpc) is 3.25. The molecule has 2 aliphatic rings. The predicted octanol–water partition coefficient (Wildman–Crippen LogP) is 2.29. The molecule has 3 N–H and O–H groups in total. The molecular weight excluding hydrogens is 467 g/mol. The van der Waals surface area contributed by atoms with Crippen LogP contribution in [0.4, 0.5) is 0 Å². The number of hydrogen-bond donors (Lipinski definition) is 3. The molecule has 0 aromatic carbocycles. The standard InChI is InChI=1S/C20H28N6O.HI/c1-2-21-19(26-10-4-7-20(14-26)11-17(27)25-13-20)23-9-6-15-12-24-18-16(15)5-3-8-22-18;/h3,5,8,12H,2,4,6-7,9-11,13-14H2,1H3,(H,21,23)(H,22,24)(H,25,27);1H. The van der Waals surface area contributed by atoms with Gasteiger partial charge in [-0.3, -0.25) is 9.79 Å². The Morgan fingerprint density at radius 2 is 2.36 bits per heavy atom. The number of fused-ring (bicyclic) bond motifs is 1. The number of pyridine rings is 1. The molecule has 8 heteroatoms. The number of nitrogens with zero attached hydrogens (tertiary/aromatic N) is 3. The SMILES string of the molecule is CCNC(=NCCc1c[nH]c2ncccc12)N1CCCC2(CNC(=O)C2)C1.I. The number of rotatable bonds is 4. The number of piperidine rings is 1. The molecule has 4 heterocycles. The second kappa shape index (κ2) is 9.11. The van der Waals surface area contributed by atoms with Crippen LogP contribution in [-0.4, -0.2) is 59.5 Å². The number of hydrogen-bond acceptors (Lipinski definition) is 3. The molecule has 0 radical (unpaired) electrons. The van der Waals surface area contributed by atoms with E-state index in [1.54, 1.807) is 6.20 Å². The van der Waals surface area contributed by atoms with E-state index in [1.165, 1.54) is 10.9 Å². The number of carbonyl (C=O) groups is 1. The lowest BCUT2D eigenvalue weighted by molar-refractivity contribution is -0.119. The van der Waals surface area contributed by atoms with Crippen molar-refractivity contribution in [1.82, 2.24) is 25.5 Å². The quantitative estimate of drug-likeness (QED) is 0.345. The van der Waals surface area contributed by atoms with E-state index in [2.05, 4.69) is 38.5 Å². The van der Waals surface area contributed by atoms with E-state index in [4.69, 9.17) is 4.99 Å². The first-order valence-electron chi connectivity index (χ1n) is 9.90. The first-order chi connectivity index (χ1) is 13.2. The smallest absolute Gasteiger partial charge is 0.220 e. The van der Waals surface area contributed by atoms with E-state index in [0.29, 0.717) is 6.42 Å². The molecule has 2 aliphatic heterocycles. The Bertz CT molecular complexity index is 850. The third kappa shape index (κ3) is 4.42. The Labute approximate surface area is 182 Å². The van der Waals surface area contributed by atoms with E-state index < -0.39 is 0 Å². The molecule has 1 spiro atoms. The lowest BCUT2D eigenvalue weighted by Crippen LogP contribution is -2.51. The fourth-order valence-corrected chi connectivity index (χ4v) is 4.36. The molecule has 2 aromatic rings. The Morgan fingerprint density at radius 3 is 3.14 bits per heavy atom. The second-order valence-corrected chi connectivity index (χ2v) is 7.68. The maximum Gasteiger partial charge on any atom is 0.220 e. The average molecular weight is 496 g/mol. The highest BCUT2D eigenvalue weighted by atomic mass is 127. The highest BCUT2D eigenvalue weighted by Gasteiger charge is 2.42. The Balaban J connectivity index is 0.00000225. The van der Waals surface area contributed by atoms with Crippen molar-refractivity contribution >= 4 is 46.9 Å². The van der Waals surface area contributed by atoms with Crippen LogP contribution in [-0.2, 0) is 11.2 Å². The molecule has 28 heavy (non-hydrogen) atoms. The van der Waals surface area contributed by atoms with Gasteiger partial charge in [-0.15, -0.1) is 24.0 Å². The summed E-state index contributed by atoms with van der Waals surface area (Å²) in [6.07, 6.45) is 7.58. The van der Waals surface area contributed by atoms with Crippen molar-refractivity contribution in [2.24, 2.45) is 10.4 Å². The molecule has 0 aliphatic carbocycles. The monoisotopic (exact) mass is 496 g/mol. The molecule has 1 amide bonds. The van der Waals surface area contributed by atoms with Gasteiger partial charge in [-0.25, -0.2) is 4.98 Å². The molecule has 1 atom stereocenters. The van der Waals surface area contributed by atoms with E-state index in [0.717, 1.165) is 63.6 Å². The summed E-state index contributed by atoms with van der Waals surface area (Å²) < 4.78 is 0. The molecule has 1 unspecified atom stereocenters. The number of carbonyl (C=O) groups excluding carboxylic acids is 1. The second-order valence-electron chi connectivity index (χ2n) is 7.68. The third-order valence-electron chi connectivity index (χ3n) is 5.67. The van der Waals surface area contributed by atoms with Crippen molar-refractivity contribution in [2.45, 2.75) is 32.6 Å². The van der Waals surface area contributed by atoms with Crippen molar-refractivity contribution < 1.29 is 4.79 Å². The van der Waals surface area contributed by atoms with Crippen LogP contribution in [0.5, 0.6) is 0 Å². The zero-order valence-corrected chi connectivity index (χ0v) is 18.7. The summed E-state index contributed by atoms with van der Waals surface area (Å²) in [5.41, 5.74) is 2.26. The zero-order valence-electron chi connectivity index (χ0n) is 16.3. The van der Waals surface area contributed by atoms with Crippen LogP contribution >= 0.6 is 24.0 Å². The van der Waals surface area contributed by atoms with E-state index in [1.807, 2.05) is 12.3 Å². The molecule has 4 rings (SSSR count). The molecule has 152 valence electrons. The fraction of sp³-hybridized carbons (Fsp3) is 0.550.